The van der Waals surface area contributed by atoms with Gasteiger partial charge in [0.05, 0.1) is 17.7 Å². The molecule has 0 amide bonds. The third-order valence-corrected chi connectivity index (χ3v) is 7.22. The summed E-state index contributed by atoms with van der Waals surface area (Å²) in [6.07, 6.45) is 0. The lowest BCUT2D eigenvalue weighted by atomic mass is 10.1. The summed E-state index contributed by atoms with van der Waals surface area (Å²) in [5, 5.41) is 8.64. The van der Waals surface area contributed by atoms with Crippen LogP contribution in [0.3, 0.4) is 0 Å². The number of aromatic nitrogens is 2. The van der Waals surface area contributed by atoms with Gasteiger partial charge >= 0.3 is 0 Å². The zero-order valence-corrected chi connectivity index (χ0v) is 18.1. The van der Waals surface area contributed by atoms with Crippen LogP contribution in [-0.4, -0.2) is 56.2 Å². The molecule has 0 radical (unpaired) electrons. The predicted octanol–water partition coefficient (Wildman–Crippen LogP) is 3.11. The Bertz CT molecular complexity index is 1160. The highest BCUT2D eigenvalue weighted by atomic mass is 32.2. The number of methoxy groups -OCH3 is 1. The van der Waals surface area contributed by atoms with E-state index in [0.717, 1.165) is 17.3 Å². The van der Waals surface area contributed by atoms with Gasteiger partial charge in [0.1, 0.15) is 0 Å². The molecule has 1 fully saturated rings. The molecule has 0 N–H and O–H groups in total. The van der Waals surface area contributed by atoms with Gasteiger partial charge in [0.15, 0.2) is 17.4 Å². The number of piperazine rings is 1. The van der Waals surface area contributed by atoms with E-state index in [4.69, 9.17) is 4.74 Å². The van der Waals surface area contributed by atoms with Gasteiger partial charge in [0, 0.05) is 31.7 Å². The molecule has 0 saturated carbocycles. The average molecular weight is 443 g/mol. The normalized spacial score (nSPS) is 15.1. The Kier molecular flexibility index (Phi) is 5.88. The maximum atomic E-state index is 14.0. The number of hydrogen-bond acceptors (Lipinski definition) is 6. The summed E-state index contributed by atoms with van der Waals surface area (Å²) in [5.41, 5.74) is 2.96. The third kappa shape index (κ3) is 4.38. The van der Waals surface area contributed by atoms with E-state index in [1.54, 1.807) is 0 Å². The molecule has 0 unspecified atom stereocenters. The predicted molar refractivity (Wildman–Crippen MR) is 116 cm³/mol. The Balaban J connectivity index is 1.43. The molecule has 4 rings (SSSR count). The molecule has 0 bridgehead atoms. The lowest BCUT2D eigenvalue weighted by Gasteiger charge is -2.34. The molecule has 1 saturated heterocycles. The molecule has 162 valence electrons. The van der Waals surface area contributed by atoms with Gasteiger partial charge in [-0.3, -0.25) is 0 Å². The van der Waals surface area contributed by atoms with Crippen molar-refractivity contribution in [2.75, 3.05) is 38.2 Å². The molecule has 1 aromatic heterocycles. The standard InChI is InChI=1S/C22H23FN4O3S/c1-16-3-5-17(6-4-16)20-8-10-22(25-24-20)26-11-13-27(14-12-26)31(28,29)18-7-9-21(30-2)19(23)15-18/h3-10,15H,11-14H2,1-2H3. The average Bonchev–Trinajstić information content (AvgIpc) is 2.80. The molecule has 9 heteroatoms. The van der Waals surface area contributed by atoms with Gasteiger partial charge < -0.3 is 9.64 Å². The first-order chi connectivity index (χ1) is 14.9. The van der Waals surface area contributed by atoms with Gasteiger partial charge in [0.2, 0.25) is 10.0 Å². The summed E-state index contributed by atoms with van der Waals surface area (Å²) in [6, 6.07) is 15.5. The molecule has 1 aliphatic rings. The van der Waals surface area contributed by atoms with Gasteiger partial charge in [-0.15, -0.1) is 10.2 Å². The lowest BCUT2D eigenvalue weighted by molar-refractivity contribution is 0.379. The molecule has 0 atom stereocenters. The quantitative estimate of drug-likeness (QED) is 0.604. The van der Waals surface area contributed by atoms with E-state index in [0.29, 0.717) is 18.9 Å². The molecule has 1 aliphatic heterocycles. The Morgan fingerprint density at radius 2 is 1.65 bits per heavy atom. The minimum Gasteiger partial charge on any atom is -0.494 e. The third-order valence-electron chi connectivity index (χ3n) is 5.32. The number of halogens is 1. The van der Waals surface area contributed by atoms with Crippen molar-refractivity contribution >= 4 is 15.8 Å². The van der Waals surface area contributed by atoms with Crippen LogP contribution >= 0.6 is 0 Å². The van der Waals surface area contributed by atoms with Crippen LogP contribution in [0.4, 0.5) is 10.2 Å². The first-order valence-corrected chi connectivity index (χ1v) is 11.3. The van der Waals surface area contributed by atoms with E-state index < -0.39 is 15.8 Å². The van der Waals surface area contributed by atoms with Gasteiger partial charge in [-0.1, -0.05) is 29.8 Å². The van der Waals surface area contributed by atoms with Crippen LogP contribution in [0.5, 0.6) is 5.75 Å². The van der Waals surface area contributed by atoms with Crippen molar-refractivity contribution in [3.05, 3.63) is 66.0 Å². The van der Waals surface area contributed by atoms with Crippen LogP contribution < -0.4 is 9.64 Å². The van der Waals surface area contributed by atoms with Crippen LogP contribution in [-0.2, 0) is 10.0 Å². The van der Waals surface area contributed by atoms with E-state index in [-0.39, 0.29) is 23.7 Å². The van der Waals surface area contributed by atoms with Gasteiger partial charge in [-0.2, -0.15) is 4.31 Å². The summed E-state index contributed by atoms with van der Waals surface area (Å²) in [5.74, 6) is 0.00554. The second-order valence-electron chi connectivity index (χ2n) is 7.33. The fourth-order valence-corrected chi connectivity index (χ4v) is 4.92. The van der Waals surface area contributed by atoms with Crippen LogP contribution in [0.15, 0.2) is 59.5 Å². The van der Waals surface area contributed by atoms with Crippen molar-refractivity contribution in [1.82, 2.24) is 14.5 Å². The van der Waals surface area contributed by atoms with E-state index in [2.05, 4.69) is 10.2 Å². The molecule has 2 heterocycles. The highest BCUT2D eigenvalue weighted by molar-refractivity contribution is 7.89. The Hall–Kier alpha value is -3.04. The number of ether oxygens (including phenoxy) is 1. The number of rotatable bonds is 5. The van der Waals surface area contributed by atoms with Crippen molar-refractivity contribution in [2.24, 2.45) is 0 Å². The van der Waals surface area contributed by atoms with Gasteiger partial charge in [0.25, 0.3) is 0 Å². The Morgan fingerprint density at radius 3 is 2.23 bits per heavy atom. The summed E-state index contributed by atoms with van der Waals surface area (Å²) < 4.78 is 46.0. The van der Waals surface area contributed by atoms with Crippen molar-refractivity contribution in [2.45, 2.75) is 11.8 Å². The second kappa shape index (κ2) is 8.60. The molecule has 0 spiro atoms. The second-order valence-corrected chi connectivity index (χ2v) is 9.27. The van der Waals surface area contributed by atoms with Gasteiger partial charge in [-0.25, -0.2) is 12.8 Å². The van der Waals surface area contributed by atoms with Crippen LogP contribution in [0.1, 0.15) is 5.56 Å². The highest BCUT2D eigenvalue weighted by Gasteiger charge is 2.29. The van der Waals surface area contributed by atoms with E-state index in [1.165, 1.54) is 29.1 Å². The topological polar surface area (TPSA) is 75.6 Å². The maximum Gasteiger partial charge on any atom is 0.243 e. The number of hydrogen-bond donors (Lipinski definition) is 0. The number of aryl methyl sites for hydroxylation is 1. The minimum absolute atomic E-state index is 0.0106. The fraction of sp³-hybridized carbons (Fsp3) is 0.273. The molecular formula is C22H23FN4O3S. The van der Waals surface area contributed by atoms with E-state index in [1.807, 2.05) is 48.2 Å². The van der Waals surface area contributed by atoms with Crippen molar-refractivity contribution in [1.29, 1.82) is 0 Å². The summed E-state index contributed by atoms with van der Waals surface area (Å²) in [4.78, 5) is 1.91. The number of nitrogens with zero attached hydrogens (tertiary/aromatic N) is 4. The van der Waals surface area contributed by atoms with Gasteiger partial charge in [-0.05, 0) is 37.3 Å². The highest BCUT2D eigenvalue weighted by Crippen LogP contribution is 2.25. The largest absolute Gasteiger partial charge is 0.494 e. The van der Waals surface area contributed by atoms with E-state index in [9.17, 15) is 12.8 Å². The van der Waals surface area contributed by atoms with E-state index >= 15 is 0 Å². The smallest absolute Gasteiger partial charge is 0.243 e. The monoisotopic (exact) mass is 442 g/mol. The summed E-state index contributed by atoms with van der Waals surface area (Å²) >= 11 is 0. The van der Waals surface area contributed by atoms with Crippen molar-refractivity contribution in [3.8, 4) is 17.0 Å². The molecule has 3 aromatic rings. The minimum atomic E-state index is -3.79. The fourth-order valence-electron chi connectivity index (χ4n) is 3.49. The maximum absolute atomic E-state index is 14.0. The number of benzene rings is 2. The number of sulfonamides is 1. The summed E-state index contributed by atoms with van der Waals surface area (Å²) in [7, 11) is -2.45. The first-order valence-electron chi connectivity index (χ1n) is 9.88. The Morgan fingerprint density at radius 1 is 0.935 bits per heavy atom. The zero-order valence-electron chi connectivity index (χ0n) is 17.3. The summed E-state index contributed by atoms with van der Waals surface area (Å²) in [6.45, 7) is 3.52. The first kappa shape index (κ1) is 21.2. The van der Waals surface area contributed by atoms with Crippen LogP contribution in [0, 0.1) is 12.7 Å². The van der Waals surface area contributed by atoms with Crippen molar-refractivity contribution < 1.29 is 17.5 Å². The Labute approximate surface area is 181 Å². The number of anilines is 1. The van der Waals surface area contributed by atoms with Crippen molar-refractivity contribution in [3.63, 3.8) is 0 Å². The van der Waals surface area contributed by atoms with Crippen LogP contribution in [0.25, 0.3) is 11.3 Å². The van der Waals surface area contributed by atoms with Crippen LogP contribution in [0.2, 0.25) is 0 Å². The molecule has 2 aromatic carbocycles. The molecule has 0 aliphatic carbocycles. The molecule has 31 heavy (non-hydrogen) atoms. The lowest BCUT2D eigenvalue weighted by Crippen LogP contribution is -2.49. The molecule has 7 nitrogen and oxygen atoms in total. The SMILES string of the molecule is COc1ccc(S(=O)(=O)N2CCN(c3ccc(-c4ccc(C)cc4)nn3)CC2)cc1F. The molecular weight excluding hydrogens is 419 g/mol. The zero-order chi connectivity index (χ0) is 22.0.